The zero-order valence-corrected chi connectivity index (χ0v) is 20.3. The average Bonchev–Trinajstić information content (AvgIpc) is 3.22. The number of benzene rings is 3. The molecule has 0 radical (unpaired) electrons. The lowest BCUT2D eigenvalue weighted by molar-refractivity contribution is -0.131. The number of anilines is 1. The molecule has 170 valence electrons. The molecule has 0 atom stereocenters. The number of hydrogen-bond donors (Lipinski definition) is 0. The van der Waals surface area contributed by atoms with Crippen LogP contribution in [0.2, 0.25) is 5.02 Å². The summed E-state index contributed by atoms with van der Waals surface area (Å²) < 4.78 is 12.7. The van der Waals surface area contributed by atoms with E-state index in [1.165, 1.54) is 11.3 Å². The number of nitrogens with zero attached hydrogens (tertiary/aromatic N) is 2. The van der Waals surface area contributed by atoms with Crippen LogP contribution in [-0.4, -0.2) is 23.1 Å². The second-order valence-corrected chi connectivity index (χ2v) is 9.45. The van der Waals surface area contributed by atoms with Gasteiger partial charge in [0.05, 0.1) is 23.4 Å². The highest BCUT2D eigenvalue weighted by Gasteiger charge is 2.36. The Morgan fingerprint density at radius 3 is 2.42 bits per heavy atom. The van der Waals surface area contributed by atoms with Crippen molar-refractivity contribution in [3.8, 4) is 11.5 Å². The number of rotatable bonds is 8. The Morgan fingerprint density at radius 1 is 1.03 bits per heavy atom. The highest BCUT2D eigenvalue weighted by atomic mass is 35.5. The maximum Gasteiger partial charge on any atom is 0.272 e. The van der Waals surface area contributed by atoms with Crippen molar-refractivity contribution in [3.05, 3.63) is 83.4 Å². The minimum absolute atomic E-state index is 0.189. The van der Waals surface area contributed by atoms with E-state index in [9.17, 15) is 4.79 Å². The van der Waals surface area contributed by atoms with E-state index < -0.39 is 5.60 Å². The molecule has 5 nitrogen and oxygen atoms in total. The van der Waals surface area contributed by atoms with E-state index in [0.29, 0.717) is 29.1 Å². The number of amides is 1. The molecule has 0 spiro atoms. The quantitative estimate of drug-likeness (QED) is 0.280. The van der Waals surface area contributed by atoms with Crippen LogP contribution in [0.15, 0.2) is 72.8 Å². The fourth-order valence-electron chi connectivity index (χ4n) is 3.42. The smallest absolute Gasteiger partial charge is 0.272 e. The SMILES string of the molecule is CCOc1ccc2nc(N(Cc3ccccc3)C(=O)C(C)(C)Oc3ccc(Cl)cc3)sc2c1. The molecular formula is C26H25ClN2O3S. The van der Waals surface area contributed by atoms with Gasteiger partial charge in [-0.2, -0.15) is 0 Å². The molecule has 0 saturated carbocycles. The molecule has 1 aromatic heterocycles. The molecule has 1 amide bonds. The fourth-order valence-corrected chi connectivity index (χ4v) is 4.54. The number of ether oxygens (including phenoxy) is 2. The summed E-state index contributed by atoms with van der Waals surface area (Å²) in [6.07, 6.45) is 0. The van der Waals surface area contributed by atoms with Crippen LogP contribution >= 0.6 is 22.9 Å². The number of aromatic nitrogens is 1. The van der Waals surface area contributed by atoms with Gasteiger partial charge in [0.1, 0.15) is 11.5 Å². The van der Waals surface area contributed by atoms with Crippen LogP contribution in [0.3, 0.4) is 0 Å². The van der Waals surface area contributed by atoms with Crippen LogP contribution in [0.4, 0.5) is 5.13 Å². The lowest BCUT2D eigenvalue weighted by Gasteiger charge is -2.31. The summed E-state index contributed by atoms with van der Waals surface area (Å²) in [6, 6.07) is 22.6. The van der Waals surface area contributed by atoms with E-state index in [0.717, 1.165) is 21.5 Å². The van der Waals surface area contributed by atoms with E-state index in [4.69, 9.17) is 26.1 Å². The van der Waals surface area contributed by atoms with Gasteiger partial charge >= 0.3 is 0 Å². The Balaban J connectivity index is 1.69. The van der Waals surface area contributed by atoms with Crippen molar-refractivity contribution < 1.29 is 14.3 Å². The first-order valence-corrected chi connectivity index (χ1v) is 11.9. The highest BCUT2D eigenvalue weighted by Crippen LogP contribution is 2.34. The summed E-state index contributed by atoms with van der Waals surface area (Å²) in [4.78, 5) is 20.3. The molecule has 4 rings (SSSR count). The number of carbonyl (C=O) groups is 1. The van der Waals surface area contributed by atoms with Crippen molar-refractivity contribution >= 4 is 44.2 Å². The summed E-state index contributed by atoms with van der Waals surface area (Å²) in [6.45, 7) is 6.45. The largest absolute Gasteiger partial charge is 0.494 e. The van der Waals surface area contributed by atoms with Gasteiger partial charge in [0.15, 0.2) is 10.7 Å². The molecule has 3 aromatic carbocycles. The average molecular weight is 481 g/mol. The Labute approximate surface area is 202 Å². The summed E-state index contributed by atoms with van der Waals surface area (Å²) in [7, 11) is 0. The summed E-state index contributed by atoms with van der Waals surface area (Å²) in [5, 5.41) is 1.22. The Morgan fingerprint density at radius 2 is 1.73 bits per heavy atom. The van der Waals surface area contributed by atoms with Crippen molar-refractivity contribution in [2.45, 2.75) is 32.9 Å². The molecule has 0 bridgehead atoms. The lowest BCUT2D eigenvalue weighted by Crippen LogP contribution is -2.48. The molecule has 0 aliphatic rings. The van der Waals surface area contributed by atoms with Gasteiger partial charge < -0.3 is 9.47 Å². The second kappa shape index (κ2) is 9.81. The van der Waals surface area contributed by atoms with Crippen molar-refractivity contribution in [2.75, 3.05) is 11.5 Å². The number of thiazole rings is 1. The second-order valence-electron chi connectivity index (χ2n) is 8.00. The zero-order valence-electron chi connectivity index (χ0n) is 18.7. The van der Waals surface area contributed by atoms with Crippen LogP contribution in [0.1, 0.15) is 26.3 Å². The first-order chi connectivity index (χ1) is 15.9. The Kier molecular flexibility index (Phi) is 6.86. The van der Waals surface area contributed by atoms with E-state index in [-0.39, 0.29) is 5.91 Å². The number of fused-ring (bicyclic) bond motifs is 1. The summed E-state index contributed by atoms with van der Waals surface area (Å²) >= 11 is 7.45. The van der Waals surface area contributed by atoms with Gasteiger partial charge in [-0.15, -0.1) is 0 Å². The number of halogens is 1. The van der Waals surface area contributed by atoms with Crippen LogP contribution < -0.4 is 14.4 Å². The molecule has 33 heavy (non-hydrogen) atoms. The van der Waals surface area contributed by atoms with Crippen LogP contribution in [0.25, 0.3) is 10.2 Å². The van der Waals surface area contributed by atoms with Gasteiger partial charge in [0, 0.05) is 5.02 Å². The molecular weight excluding hydrogens is 456 g/mol. The normalized spacial score (nSPS) is 11.4. The third-order valence-electron chi connectivity index (χ3n) is 5.02. The lowest BCUT2D eigenvalue weighted by atomic mass is 10.1. The monoisotopic (exact) mass is 480 g/mol. The van der Waals surface area contributed by atoms with E-state index in [1.54, 1.807) is 43.0 Å². The third-order valence-corrected chi connectivity index (χ3v) is 6.31. The van der Waals surface area contributed by atoms with Gasteiger partial charge in [-0.05, 0) is 68.8 Å². The maximum atomic E-state index is 13.8. The highest BCUT2D eigenvalue weighted by molar-refractivity contribution is 7.22. The Bertz CT molecular complexity index is 1240. The fraction of sp³-hybridized carbons (Fsp3) is 0.231. The van der Waals surface area contributed by atoms with Crippen molar-refractivity contribution in [2.24, 2.45) is 0 Å². The first-order valence-electron chi connectivity index (χ1n) is 10.7. The molecule has 7 heteroatoms. The van der Waals surface area contributed by atoms with Gasteiger partial charge in [0.2, 0.25) is 0 Å². The summed E-state index contributed by atoms with van der Waals surface area (Å²) in [5.74, 6) is 1.17. The number of hydrogen-bond acceptors (Lipinski definition) is 5. The zero-order chi connectivity index (χ0) is 23.4. The van der Waals surface area contributed by atoms with Gasteiger partial charge in [-0.3, -0.25) is 9.69 Å². The van der Waals surface area contributed by atoms with Gasteiger partial charge in [-0.1, -0.05) is 53.3 Å². The van der Waals surface area contributed by atoms with E-state index in [2.05, 4.69) is 0 Å². The van der Waals surface area contributed by atoms with Crippen molar-refractivity contribution in [1.82, 2.24) is 4.98 Å². The molecule has 1 heterocycles. The predicted octanol–water partition coefficient (Wildman–Crippen LogP) is 6.74. The minimum atomic E-state index is -1.13. The third kappa shape index (κ3) is 5.46. The molecule has 0 N–H and O–H groups in total. The van der Waals surface area contributed by atoms with E-state index >= 15 is 0 Å². The molecule has 0 aliphatic heterocycles. The van der Waals surface area contributed by atoms with Crippen LogP contribution in [0, 0.1) is 0 Å². The summed E-state index contributed by atoms with van der Waals surface area (Å²) in [5.41, 5.74) is 0.694. The molecule has 0 saturated heterocycles. The van der Waals surface area contributed by atoms with Crippen molar-refractivity contribution in [3.63, 3.8) is 0 Å². The first kappa shape index (κ1) is 23.1. The maximum absolute atomic E-state index is 13.8. The Hall–Kier alpha value is -3.09. The molecule has 4 aromatic rings. The minimum Gasteiger partial charge on any atom is -0.494 e. The van der Waals surface area contributed by atoms with Crippen molar-refractivity contribution in [1.29, 1.82) is 0 Å². The van der Waals surface area contributed by atoms with Gasteiger partial charge in [-0.25, -0.2) is 4.98 Å². The predicted molar refractivity (Wildman–Crippen MR) is 135 cm³/mol. The molecule has 0 unspecified atom stereocenters. The van der Waals surface area contributed by atoms with Gasteiger partial charge in [0.25, 0.3) is 5.91 Å². The number of carbonyl (C=O) groups excluding carboxylic acids is 1. The van der Waals surface area contributed by atoms with Crippen LogP contribution in [0.5, 0.6) is 11.5 Å². The standard InChI is InChI=1S/C26H25ClN2O3S/c1-4-31-21-14-15-22-23(16-21)33-25(28-22)29(17-18-8-6-5-7-9-18)24(30)26(2,3)32-20-12-10-19(27)11-13-20/h5-16H,4,17H2,1-3H3. The van der Waals surface area contributed by atoms with Crippen LogP contribution in [-0.2, 0) is 11.3 Å². The van der Waals surface area contributed by atoms with E-state index in [1.807, 2.05) is 55.5 Å². The molecule has 0 fully saturated rings. The molecule has 0 aliphatic carbocycles. The topological polar surface area (TPSA) is 51.7 Å².